The van der Waals surface area contributed by atoms with Gasteiger partial charge >= 0.3 is 0 Å². The highest BCUT2D eigenvalue weighted by Crippen LogP contribution is 2.29. The molecule has 0 saturated carbocycles. The summed E-state index contributed by atoms with van der Waals surface area (Å²) in [5, 5.41) is 4.82. The fraction of sp³-hybridized carbons (Fsp3) is 0.357. The molecule has 0 aliphatic carbocycles. The SMILES string of the molecule is CCn1ncc(Cl)c1C(N)c1ccc(OC)c(C)c1. The molecule has 1 heterocycles. The standard InChI is InChI=1S/C14H18ClN3O/c1-4-18-14(11(15)8-17-18)13(16)10-5-6-12(19-3)9(2)7-10/h5-8,13H,4,16H2,1-3H3. The number of halogens is 1. The summed E-state index contributed by atoms with van der Waals surface area (Å²) < 4.78 is 7.08. The van der Waals surface area contributed by atoms with Crippen molar-refractivity contribution in [2.24, 2.45) is 5.73 Å². The van der Waals surface area contributed by atoms with Gasteiger partial charge in [-0.15, -0.1) is 0 Å². The van der Waals surface area contributed by atoms with Gasteiger partial charge in [-0.1, -0.05) is 23.7 Å². The van der Waals surface area contributed by atoms with Gasteiger partial charge in [0.05, 0.1) is 30.1 Å². The second-order valence-electron chi connectivity index (χ2n) is 4.40. The van der Waals surface area contributed by atoms with Crippen LogP contribution in [0.15, 0.2) is 24.4 Å². The number of hydrogen-bond donors (Lipinski definition) is 1. The van der Waals surface area contributed by atoms with Gasteiger partial charge in [0.25, 0.3) is 0 Å². The fourth-order valence-electron chi connectivity index (χ4n) is 2.19. The van der Waals surface area contributed by atoms with Gasteiger partial charge in [-0.25, -0.2) is 0 Å². The van der Waals surface area contributed by atoms with Gasteiger partial charge in [0.15, 0.2) is 0 Å². The van der Waals surface area contributed by atoms with Crippen molar-refractivity contribution in [3.8, 4) is 5.75 Å². The van der Waals surface area contributed by atoms with E-state index in [-0.39, 0.29) is 6.04 Å². The molecule has 0 aliphatic rings. The molecule has 0 radical (unpaired) electrons. The molecular formula is C14H18ClN3O. The van der Waals surface area contributed by atoms with Crippen LogP contribution in [0.1, 0.15) is 29.8 Å². The lowest BCUT2D eigenvalue weighted by atomic mass is 10.0. The summed E-state index contributed by atoms with van der Waals surface area (Å²) in [6.07, 6.45) is 1.64. The van der Waals surface area contributed by atoms with Gasteiger partial charge in [-0.2, -0.15) is 5.10 Å². The quantitative estimate of drug-likeness (QED) is 0.936. The minimum absolute atomic E-state index is 0.292. The Bertz CT molecular complexity index is 580. The minimum Gasteiger partial charge on any atom is -0.496 e. The molecule has 0 fully saturated rings. The van der Waals surface area contributed by atoms with Crippen molar-refractivity contribution in [3.05, 3.63) is 46.2 Å². The zero-order valence-electron chi connectivity index (χ0n) is 11.4. The van der Waals surface area contributed by atoms with Crippen molar-refractivity contribution in [2.45, 2.75) is 26.4 Å². The van der Waals surface area contributed by atoms with Crippen molar-refractivity contribution in [1.29, 1.82) is 0 Å². The third-order valence-corrected chi connectivity index (χ3v) is 3.50. The number of nitrogens with zero attached hydrogens (tertiary/aromatic N) is 2. The number of ether oxygens (including phenoxy) is 1. The first-order valence-corrected chi connectivity index (χ1v) is 6.57. The molecule has 2 aromatic rings. The molecule has 1 aromatic heterocycles. The van der Waals surface area contributed by atoms with Crippen LogP contribution >= 0.6 is 11.6 Å². The van der Waals surface area contributed by atoms with E-state index in [9.17, 15) is 0 Å². The molecule has 0 saturated heterocycles. The number of hydrogen-bond acceptors (Lipinski definition) is 3. The molecular weight excluding hydrogens is 262 g/mol. The van der Waals surface area contributed by atoms with E-state index in [4.69, 9.17) is 22.1 Å². The van der Waals surface area contributed by atoms with Crippen LogP contribution in [0.25, 0.3) is 0 Å². The third-order valence-electron chi connectivity index (χ3n) is 3.21. The van der Waals surface area contributed by atoms with Crippen LogP contribution < -0.4 is 10.5 Å². The van der Waals surface area contributed by atoms with Gasteiger partial charge in [-0.3, -0.25) is 4.68 Å². The first-order chi connectivity index (χ1) is 9.08. The molecule has 2 rings (SSSR count). The zero-order valence-corrected chi connectivity index (χ0v) is 12.1. The topological polar surface area (TPSA) is 53.1 Å². The summed E-state index contributed by atoms with van der Waals surface area (Å²) in [5.41, 5.74) is 9.20. The van der Waals surface area contributed by atoms with E-state index in [1.807, 2.05) is 36.7 Å². The van der Waals surface area contributed by atoms with E-state index in [1.165, 1.54) is 0 Å². The average Bonchev–Trinajstić information content (AvgIpc) is 2.78. The van der Waals surface area contributed by atoms with Crippen LogP contribution in [0.4, 0.5) is 0 Å². The van der Waals surface area contributed by atoms with Gasteiger partial charge in [0.2, 0.25) is 0 Å². The molecule has 4 nitrogen and oxygen atoms in total. The van der Waals surface area contributed by atoms with E-state index in [2.05, 4.69) is 5.10 Å². The Morgan fingerprint density at radius 2 is 2.21 bits per heavy atom. The minimum atomic E-state index is -0.292. The number of aryl methyl sites for hydroxylation is 2. The summed E-state index contributed by atoms with van der Waals surface area (Å²) in [6, 6.07) is 5.61. The first-order valence-electron chi connectivity index (χ1n) is 6.19. The predicted octanol–water partition coefficient (Wildman–Crippen LogP) is 2.92. The first kappa shape index (κ1) is 13.9. The predicted molar refractivity (Wildman–Crippen MR) is 76.7 cm³/mol. The lowest BCUT2D eigenvalue weighted by Gasteiger charge is -2.16. The highest BCUT2D eigenvalue weighted by atomic mass is 35.5. The number of aromatic nitrogens is 2. The molecule has 0 amide bonds. The maximum atomic E-state index is 6.31. The molecule has 5 heteroatoms. The monoisotopic (exact) mass is 279 g/mol. The molecule has 0 spiro atoms. The van der Waals surface area contributed by atoms with Gasteiger partial charge < -0.3 is 10.5 Å². The lowest BCUT2D eigenvalue weighted by Crippen LogP contribution is -2.17. The van der Waals surface area contributed by atoms with E-state index < -0.39 is 0 Å². The third kappa shape index (κ3) is 2.60. The van der Waals surface area contributed by atoms with E-state index in [1.54, 1.807) is 13.3 Å². The molecule has 1 atom stereocenters. The Morgan fingerprint density at radius 3 is 2.79 bits per heavy atom. The summed E-state index contributed by atoms with van der Waals surface area (Å²) in [5.74, 6) is 0.853. The highest BCUT2D eigenvalue weighted by molar-refractivity contribution is 6.31. The smallest absolute Gasteiger partial charge is 0.121 e. The van der Waals surface area contributed by atoms with Gasteiger partial charge in [0.1, 0.15) is 5.75 Å². The van der Waals surface area contributed by atoms with Crippen LogP contribution in [0, 0.1) is 6.92 Å². The summed E-state index contributed by atoms with van der Waals surface area (Å²) in [7, 11) is 1.66. The molecule has 102 valence electrons. The van der Waals surface area contributed by atoms with Crippen molar-refractivity contribution >= 4 is 11.6 Å². The molecule has 1 aromatic carbocycles. The van der Waals surface area contributed by atoms with E-state index in [0.29, 0.717) is 5.02 Å². The summed E-state index contributed by atoms with van der Waals surface area (Å²) in [6.45, 7) is 4.75. The van der Waals surface area contributed by atoms with Crippen LogP contribution in [0.2, 0.25) is 5.02 Å². The second-order valence-corrected chi connectivity index (χ2v) is 4.81. The Kier molecular flexibility index (Phi) is 4.12. The summed E-state index contributed by atoms with van der Waals surface area (Å²) >= 11 is 6.18. The van der Waals surface area contributed by atoms with Crippen LogP contribution in [0.5, 0.6) is 5.75 Å². The Labute approximate surface area is 118 Å². The second kappa shape index (κ2) is 5.63. The van der Waals surface area contributed by atoms with Crippen LogP contribution in [-0.2, 0) is 6.54 Å². The molecule has 2 N–H and O–H groups in total. The Balaban J connectivity index is 2.41. The van der Waals surface area contributed by atoms with Crippen molar-refractivity contribution in [1.82, 2.24) is 9.78 Å². The fourth-order valence-corrected chi connectivity index (χ4v) is 2.44. The zero-order chi connectivity index (χ0) is 14.0. The maximum Gasteiger partial charge on any atom is 0.121 e. The summed E-state index contributed by atoms with van der Waals surface area (Å²) in [4.78, 5) is 0. The van der Waals surface area contributed by atoms with Crippen molar-refractivity contribution in [2.75, 3.05) is 7.11 Å². The lowest BCUT2D eigenvalue weighted by molar-refractivity contribution is 0.411. The Hall–Kier alpha value is -1.52. The number of nitrogens with two attached hydrogens (primary N) is 1. The van der Waals surface area contributed by atoms with E-state index in [0.717, 1.165) is 29.1 Å². The normalized spacial score (nSPS) is 12.5. The highest BCUT2D eigenvalue weighted by Gasteiger charge is 2.18. The Morgan fingerprint density at radius 1 is 1.47 bits per heavy atom. The van der Waals surface area contributed by atoms with Crippen molar-refractivity contribution < 1.29 is 4.74 Å². The van der Waals surface area contributed by atoms with E-state index >= 15 is 0 Å². The molecule has 0 bridgehead atoms. The number of methoxy groups -OCH3 is 1. The van der Waals surface area contributed by atoms with Gasteiger partial charge in [0, 0.05) is 6.54 Å². The molecule has 19 heavy (non-hydrogen) atoms. The van der Waals surface area contributed by atoms with Crippen molar-refractivity contribution in [3.63, 3.8) is 0 Å². The van der Waals surface area contributed by atoms with Crippen LogP contribution in [-0.4, -0.2) is 16.9 Å². The maximum absolute atomic E-state index is 6.31. The molecule has 1 unspecified atom stereocenters. The number of rotatable bonds is 4. The molecule has 0 aliphatic heterocycles. The average molecular weight is 280 g/mol. The van der Waals surface area contributed by atoms with Gasteiger partial charge in [-0.05, 0) is 31.0 Å². The van der Waals surface area contributed by atoms with Crippen LogP contribution in [0.3, 0.4) is 0 Å². The largest absolute Gasteiger partial charge is 0.496 e. The number of benzene rings is 1.